The van der Waals surface area contributed by atoms with Crippen molar-refractivity contribution in [3.8, 4) is 34.3 Å². The molecule has 0 radical (unpaired) electrons. The molecule has 1 unspecified atom stereocenters. The second kappa shape index (κ2) is 13.5. The summed E-state index contributed by atoms with van der Waals surface area (Å²) in [5.41, 5.74) is -0.0411. The Bertz CT molecular complexity index is 1730. The van der Waals surface area contributed by atoms with Crippen LogP contribution < -0.4 is 18.9 Å². The Morgan fingerprint density at radius 1 is 0.915 bits per heavy atom. The standard InChI is InChI=1S/C32H24F6N2O7/c33-31(34,35)21-3-1-2-19(14-21)15-40-16-25(17-44-23-8-10-24(11-9-23)47-32(36,37)38)46-26-12-13-39-29(28(26)30(40)43)20-4-6-22(7-5-20)45-18-27(41)42/h1-14,25H,15-18H2,(H,41,42). The number of carbonyl (C=O) groups is 2. The molecule has 4 aromatic rings. The van der Waals surface area contributed by atoms with Crippen LogP contribution in [0.2, 0.25) is 0 Å². The molecule has 1 aliphatic rings. The summed E-state index contributed by atoms with van der Waals surface area (Å²) in [4.78, 5) is 30.6. The summed E-state index contributed by atoms with van der Waals surface area (Å²) in [5.74, 6) is -1.68. The van der Waals surface area contributed by atoms with Crippen molar-refractivity contribution in [2.45, 2.75) is 25.2 Å². The number of hydrogen-bond donors (Lipinski definition) is 1. The van der Waals surface area contributed by atoms with E-state index in [1.165, 1.54) is 53.6 Å². The van der Waals surface area contributed by atoms with E-state index in [2.05, 4.69) is 9.72 Å². The molecule has 0 aliphatic carbocycles. The lowest BCUT2D eigenvalue weighted by Crippen LogP contribution is -2.39. The quantitative estimate of drug-likeness (QED) is 0.189. The highest BCUT2D eigenvalue weighted by atomic mass is 19.4. The fraction of sp³-hybridized carbons (Fsp3) is 0.219. The molecule has 5 rings (SSSR count). The molecule has 2 heterocycles. The van der Waals surface area contributed by atoms with Gasteiger partial charge in [0.05, 0.1) is 17.8 Å². The molecular weight excluding hydrogens is 638 g/mol. The fourth-order valence-electron chi connectivity index (χ4n) is 4.74. The largest absolute Gasteiger partial charge is 0.573 e. The Labute approximate surface area is 262 Å². The lowest BCUT2D eigenvalue weighted by Gasteiger charge is -2.25. The van der Waals surface area contributed by atoms with Gasteiger partial charge in [-0.3, -0.25) is 9.78 Å². The first-order valence-electron chi connectivity index (χ1n) is 13.8. The molecule has 47 heavy (non-hydrogen) atoms. The smallest absolute Gasteiger partial charge is 0.490 e. The minimum Gasteiger partial charge on any atom is -0.490 e. The molecule has 1 amide bonds. The van der Waals surface area contributed by atoms with Crippen LogP contribution in [0.3, 0.4) is 0 Å². The number of carbonyl (C=O) groups excluding carboxylic acids is 1. The van der Waals surface area contributed by atoms with Crippen molar-refractivity contribution in [1.29, 1.82) is 0 Å². The molecule has 0 spiro atoms. The van der Waals surface area contributed by atoms with Crippen molar-refractivity contribution in [2.75, 3.05) is 19.8 Å². The van der Waals surface area contributed by atoms with Crippen LogP contribution in [-0.2, 0) is 17.5 Å². The van der Waals surface area contributed by atoms with Gasteiger partial charge in [0.15, 0.2) is 12.7 Å². The van der Waals surface area contributed by atoms with E-state index in [0.29, 0.717) is 5.56 Å². The molecule has 15 heteroatoms. The molecule has 1 aromatic heterocycles. The maximum Gasteiger partial charge on any atom is 0.573 e. The zero-order valence-corrected chi connectivity index (χ0v) is 24.0. The number of carboxylic acid groups (broad SMARTS) is 1. The van der Waals surface area contributed by atoms with Gasteiger partial charge in [0.25, 0.3) is 5.91 Å². The van der Waals surface area contributed by atoms with Gasteiger partial charge in [-0.05, 0) is 72.3 Å². The Morgan fingerprint density at radius 3 is 2.23 bits per heavy atom. The zero-order chi connectivity index (χ0) is 33.8. The van der Waals surface area contributed by atoms with Crippen molar-refractivity contribution in [3.63, 3.8) is 0 Å². The topological polar surface area (TPSA) is 107 Å². The molecule has 0 saturated heterocycles. The van der Waals surface area contributed by atoms with Gasteiger partial charge in [0, 0.05) is 18.3 Å². The number of pyridine rings is 1. The lowest BCUT2D eigenvalue weighted by molar-refractivity contribution is -0.274. The molecule has 1 aliphatic heterocycles. The minimum atomic E-state index is -4.87. The van der Waals surface area contributed by atoms with Gasteiger partial charge in [-0.25, -0.2) is 4.79 Å². The Hall–Kier alpha value is -5.47. The van der Waals surface area contributed by atoms with Crippen molar-refractivity contribution in [3.05, 3.63) is 102 Å². The number of benzene rings is 3. The second-order valence-corrected chi connectivity index (χ2v) is 10.2. The molecule has 1 atom stereocenters. The first-order valence-corrected chi connectivity index (χ1v) is 13.8. The second-order valence-electron chi connectivity index (χ2n) is 10.2. The molecule has 246 valence electrons. The maximum absolute atomic E-state index is 14.1. The number of ether oxygens (including phenoxy) is 4. The van der Waals surface area contributed by atoms with E-state index in [4.69, 9.17) is 19.3 Å². The number of hydrogen-bond acceptors (Lipinski definition) is 7. The predicted molar refractivity (Wildman–Crippen MR) is 152 cm³/mol. The first-order chi connectivity index (χ1) is 22.2. The number of carboxylic acids is 1. The van der Waals surface area contributed by atoms with Crippen LogP contribution in [0.5, 0.6) is 23.0 Å². The summed E-state index contributed by atoms with van der Waals surface area (Å²) < 4.78 is 98.8. The van der Waals surface area contributed by atoms with Crippen LogP contribution >= 0.6 is 0 Å². The van der Waals surface area contributed by atoms with Crippen LogP contribution in [0.15, 0.2) is 85.1 Å². The van der Waals surface area contributed by atoms with Crippen LogP contribution in [-0.4, -0.2) is 59.1 Å². The van der Waals surface area contributed by atoms with Gasteiger partial charge in [0.2, 0.25) is 0 Å². The van der Waals surface area contributed by atoms with E-state index in [0.717, 1.165) is 24.3 Å². The van der Waals surface area contributed by atoms with Crippen molar-refractivity contribution >= 4 is 11.9 Å². The van der Waals surface area contributed by atoms with Crippen molar-refractivity contribution in [1.82, 2.24) is 9.88 Å². The van der Waals surface area contributed by atoms with E-state index in [9.17, 15) is 35.9 Å². The number of nitrogens with zero attached hydrogens (tertiary/aromatic N) is 2. The molecule has 0 saturated carbocycles. The van der Waals surface area contributed by atoms with Gasteiger partial charge in [0.1, 0.15) is 35.2 Å². The molecule has 1 N–H and O–H groups in total. The first kappa shape index (κ1) is 32.9. The lowest BCUT2D eigenvalue weighted by atomic mass is 10.0. The van der Waals surface area contributed by atoms with Gasteiger partial charge in [-0.2, -0.15) is 13.2 Å². The van der Waals surface area contributed by atoms with Gasteiger partial charge in [-0.1, -0.05) is 12.1 Å². The number of aromatic nitrogens is 1. The average molecular weight is 663 g/mol. The van der Waals surface area contributed by atoms with Crippen molar-refractivity contribution < 1.29 is 60.0 Å². The molecule has 0 bridgehead atoms. The zero-order valence-electron chi connectivity index (χ0n) is 24.0. The number of fused-ring (bicyclic) bond motifs is 1. The molecule has 9 nitrogen and oxygen atoms in total. The molecule has 3 aromatic carbocycles. The number of alkyl halides is 6. The van der Waals surface area contributed by atoms with Gasteiger partial charge < -0.3 is 29.0 Å². The monoisotopic (exact) mass is 662 g/mol. The number of halogens is 6. The summed E-state index contributed by atoms with van der Waals surface area (Å²) >= 11 is 0. The molecular formula is C32H24F6N2O7. The summed E-state index contributed by atoms with van der Waals surface area (Å²) in [7, 11) is 0. The normalized spacial score (nSPS) is 14.9. The predicted octanol–water partition coefficient (Wildman–Crippen LogP) is 6.61. The van der Waals surface area contributed by atoms with E-state index in [1.807, 2.05) is 0 Å². The average Bonchev–Trinajstić information content (AvgIpc) is 3.14. The number of amides is 1. The Kier molecular flexibility index (Phi) is 9.44. The third kappa shape index (κ3) is 8.62. The van der Waals surface area contributed by atoms with Crippen LogP contribution in [0, 0.1) is 0 Å². The van der Waals surface area contributed by atoms with Gasteiger partial charge in [-0.15, -0.1) is 13.2 Å². The van der Waals surface area contributed by atoms with Crippen LogP contribution in [0.25, 0.3) is 11.3 Å². The van der Waals surface area contributed by atoms with Crippen LogP contribution in [0.1, 0.15) is 21.5 Å². The van der Waals surface area contributed by atoms with E-state index < -0.39 is 48.4 Å². The highest BCUT2D eigenvalue weighted by Crippen LogP contribution is 2.35. The highest BCUT2D eigenvalue weighted by molar-refractivity contribution is 6.02. The summed E-state index contributed by atoms with van der Waals surface area (Å²) in [6.07, 6.45) is -8.96. The third-order valence-electron chi connectivity index (χ3n) is 6.74. The van der Waals surface area contributed by atoms with Crippen molar-refractivity contribution in [2.24, 2.45) is 0 Å². The number of rotatable bonds is 10. The third-order valence-corrected chi connectivity index (χ3v) is 6.74. The highest BCUT2D eigenvalue weighted by Gasteiger charge is 2.34. The maximum atomic E-state index is 14.1. The Balaban J connectivity index is 1.44. The SMILES string of the molecule is O=C(O)COc1ccc(-c2nccc3c2C(=O)N(Cc2cccc(C(F)(F)F)c2)CC(COc2ccc(OC(F)(F)F)cc2)O3)cc1. The summed E-state index contributed by atoms with van der Waals surface area (Å²) in [6, 6.07) is 16.7. The van der Waals surface area contributed by atoms with E-state index >= 15 is 0 Å². The Morgan fingerprint density at radius 2 is 1.57 bits per heavy atom. The van der Waals surface area contributed by atoms with Crippen LogP contribution in [0.4, 0.5) is 26.3 Å². The van der Waals surface area contributed by atoms with E-state index in [-0.39, 0.29) is 53.8 Å². The molecule has 0 fully saturated rings. The summed E-state index contributed by atoms with van der Waals surface area (Å²) in [5, 5.41) is 8.86. The fourth-order valence-corrected chi connectivity index (χ4v) is 4.74. The van der Waals surface area contributed by atoms with E-state index in [1.54, 1.807) is 12.1 Å². The minimum absolute atomic E-state index is 0.0230. The van der Waals surface area contributed by atoms with Gasteiger partial charge >= 0.3 is 18.5 Å². The summed E-state index contributed by atoms with van der Waals surface area (Å²) in [6.45, 7) is -1.13. The number of aliphatic carboxylic acids is 1.